The van der Waals surface area contributed by atoms with Crippen molar-refractivity contribution in [1.82, 2.24) is 4.98 Å². The number of amides is 1. The second-order valence-electron chi connectivity index (χ2n) is 5.00. The van der Waals surface area contributed by atoms with Crippen LogP contribution in [0.2, 0.25) is 5.02 Å². The van der Waals surface area contributed by atoms with Gasteiger partial charge in [0.05, 0.1) is 11.9 Å². The van der Waals surface area contributed by atoms with E-state index in [1.807, 2.05) is 6.07 Å². The van der Waals surface area contributed by atoms with E-state index < -0.39 is 0 Å². The van der Waals surface area contributed by atoms with Crippen LogP contribution in [0.15, 0.2) is 42.6 Å². The molecule has 0 atom stereocenters. The number of hydrogen-bond donors (Lipinski definition) is 2. The molecule has 0 fully saturated rings. The standard InChI is InChI=1S/C17H20ClN3O3/c1-23-10-2-9-19-14-5-8-16(20-11-14)21-17(22)12-24-15-6-3-13(18)4-7-15/h3-8,11,19H,2,9-10,12H2,1H3,(H,20,21,22). The molecule has 2 rings (SSSR count). The Labute approximate surface area is 146 Å². The zero-order valence-corrected chi connectivity index (χ0v) is 14.2. The van der Waals surface area contributed by atoms with E-state index in [1.54, 1.807) is 43.6 Å². The first-order valence-corrected chi connectivity index (χ1v) is 7.92. The second kappa shape index (κ2) is 9.75. The molecule has 0 aliphatic rings. The number of nitrogens with zero attached hydrogens (tertiary/aromatic N) is 1. The van der Waals surface area contributed by atoms with Crippen LogP contribution in [-0.2, 0) is 9.53 Å². The minimum atomic E-state index is -0.279. The Morgan fingerprint density at radius 2 is 2.00 bits per heavy atom. The maximum Gasteiger partial charge on any atom is 0.263 e. The zero-order valence-electron chi connectivity index (χ0n) is 13.4. The van der Waals surface area contributed by atoms with Crippen LogP contribution < -0.4 is 15.4 Å². The molecule has 0 bridgehead atoms. The maximum atomic E-state index is 11.8. The summed E-state index contributed by atoms with van der Waals surface area (Å²) < 4.78 is 10.4. The van der Waals surface area contributed by atoms with Gasteiger partial charge in [-0.25, -0.2) is 4.98 Å². The summed E-state index contributed by atoms with van der Waals surface area (Å²) in [7, 11) is 1.68. The minimum Gasteiger partial charge on any atom is -0.484 e. The number of methoxy groups -OCH3 is 1. The minimum absolute atomic E-state index is 0.0969. The number of carbonyl (C=O) groups excluding carboxylic acids is 1. The number of halogens is 1. The summed E-state index contributed by atoms with van der Waals surface area (Å²) in [6, 6.07) is 10.4. The van der Waals surface area contributed by atoms with Gasteiger partial charge in [0.15, 0.2) is 6.61 Å². The average Bonchev–Trinajstić information content (AvgIpc) is 2.60. The molecule has 0 aliphatic carbocycles. The Kier molecular flexibility index (Phi) is 7.32. The molecular formula is C17H20ClN3O3. The Bertz CT molecular complexity index is 633. The summed E-state index contributed by atoms with van der Waals surface area (Å²) in [6.45, 7) is 1.42. The number of pyridine rings is 1. The van der Waals surface area contributed by atoms with E-state index in [0.717, 1.165) is 18.7 Å². The fourth-order valence-electron chi connectivity index (χ4n) is 1.88. The van der Waals surface area contributed by atoms with Crippen molar-refractivity contribution in [1.29, 1.82) is 0 Å². The smallest absolute Gasteiger partial charge is 0.263 e. The van der Waals surface area contributed by atoms with Gasteiger partial charge in [-0.3, -0.25) is 4.79 Å². The van der Waals surface area contributed by atoms with Crippen molar-refractivity contribution in [2.45, 2.75) is 6.42 Å². The number of carbonyl (C=O) groups is 1. The van der Waals surface area contributed by atoms with Crippen molar-refractivity contribution in [2.24, 2.45) is 0 Å². The summed E-state index contributed by atoms with van der Waals surface area (Å²) in [6.07, 6.45) is 2.58. The lowest BCUT2D eigenvalue weighted by atomic mass is 10.3. The molecule has 0 unspecified atom stereocenters. The number of benzene rings is 1. The third-order valence-corrected chi connectivity index (χ3v) is 3.32. The van der Waals surface area contributed by atoms with Gasteiger partial charge in [-0.05, 0) is 42.8 Å². The lowest BCUT2D eigenvalue weighted by Gasteiger charge is -2.09. The second-order valence-corrected chi connectivity index (χ2v) is 5.43. The van der Waals surface area contributed by atoms with Gasteiger partial charge < -0.3 is 20.1 Å². The van der Waals surface area contributed by atoms with Crippen LogP contribution in [0, 0.1) is 0 Å². The number of nitrogens with one attached hydrogen (secondary N) is 2. The molecular weight excluding hydrogens is 330 g/mol. The number of ether oxygens (including phenoxy) is 2. The van der Waals surface area contributed by atoms with E-state index in [2.05, 4.69) is 15.6 Å². The van der Waals surface area contributed by atoms with Crippen molar-refractivity contribution in [3.63, 3.8) is 0 Å². The highest BCUT2D eigenvalue weighted by Gasteiger charge is 2.05. The van der Waals surface area contributed by atoms with Crippen LogP contribution in [0.25, 0.3) is 0 Å². The molecule has 2 aromatic rings. The molecule has 1 amide bonds. The van der Waals surface area contributed by atoms with Gasteiger partial charge in [0.25, 0.3) is 5.91 Å². The molecule has 128 valence electrons. The first-order chi connectivity index (χ1) is 11.7. The molecule has 0 saturated heterocycles. The third kappa shape index (κ3) is 6.44. The summed E-state index contributed by atoms with van der Waals surface area (Å²) in [5, 5.41) is 6.52. The summed E-state index contributed by atoms with van der Waals surface area (Å²) in [5.41, 5.74) is 0.890. The Balaban J connectivity index is 1.74. The molecule has 24 heavy (non-hydrogen) atoms. The van der Waals surface area contributed by atoms with E-state index in [9.17, 15) is 4.79 Å². The molecule has 2 N–H and O–H groups in total. The lowest BCUT2D eigenvalue weighted by Crippen LogP contribution is -2.20. The van der Waals surface area contributed by atoms with Gasteiger partial charge in [-0.15, -0.1) is 0 Å². The molecule has 1 aromatic carbocycles. The SMILES string of the molecule is COCCCNc1ccc(NC(=O)COc2ccc(Cl)cc2)nc1. The summed E-state index contributed by atoms with van der Waals surface area (Å²) in [5.74, 6) is 0.776. The lowest BCUT2D eigenvalue weighted by molar-refractivity contribution is -0.118. The molecule has 0 spiro atoms. The highest BCUT2D eigenvalue weighted by Crippen LogP contribution is 2.15. The van der Waals surface area contributed by atoms with Gasteiger partial charge >= 0.3 is 0 Å². The third-order valence-electron chi connectivity index (χ3n) is 3.07. The van der Waals surface area contributed by atoms with Crippen LogP contribution in [0.3, 0.4) is 0 Å². The topological polar surface area (TPSA) is 72.5 Å². The fourth-order valence-corrected chi connectivity index (χ4v) is 2.01. The highest BCUT2D eigenvalue weighted by atomic mass is 35.5. The predicted molar refractivity (Wildman–Crippen MR) is 94.8 cm³/mol. The highest BCUT2D eigenvalue weighted by molar-refractivity contribution is 6.30. The van der Waals surface area contributed by atoms with Crippen LogP contribution in [-0.4, -0.2) is 37.8 Å². The maximum absolute atomic E-state index is 11.8. The van der Waals surface area contributed by atoms with Gasteiger partial charge in [0.1, 0.15) is 11.6 Å². The zero-order chi connectivity index (χ0) is 17.2. The van der Waals surface area contributed by atoms with E-state index in [-0.39, 0.29) is 12.5 Å². The van der Waals surface area contributed by atoms with Crippen LogP contribution in [0.4, 0.5) is 11.5 Å². The first-order valence-electron chi connectivity index (χ1n) is 7.54. The van der Waals surface area contributed by atoms with E-state index in [1.165, 1.54) is 0 Å². The average molecular weight is 350 g/mol. The number of rotatable bonds is 9. The molecule has 0 saturated carbocycles. The fraction of sp³-hybridized carbons (Fsp3) is 0.294. The quantitative estimate of drug-likeness (QED) is 0.680. The predicted octanol–water partition coefficient (Wildman–Crippen LogP) is 3.20. The van der Waals surface area contributed by atoms with Crippen LogP contribution in [0.1, 0.15) is 6.42 Å². The molecule has 7 heteroatoms. The van der Waals surface area contributed by atoms with E-state index in [0.29, 0.717) is 23.2 Å². The number of aromatic nitrogens is 1. The molecule has 6 nitrogen and oxygen atoms in total. The van der Waals surface area contributed by atoms with Gasteiger partial charge in [-0.2, -0.15) is 0 Å². The van der Waals surface area contributed by atoms with Crippen molar-refractivity contribution in [2.75, 3.05) is 37.5 Å². The largest absolute Gasteiger partial charge is 0.484 e. The molecule has 1 heterocycles. The van der Waals surface area contributed by atoms with Crippen molar-refractivity contribution in [3.8, 4) is 5.75 Å². The van der Waals surface area contributed by atoms with E-state index in [4.69, 9.17) is 21.1 Å². The molecule has 0 aliphatic heterocycles. The summed E-state index contributed by atoms with van der Waals surface area (Å²) >= 11 is 5.79. The van der Waals surface area contributed by atoms with E-state index >= 15 is 0 Å². The van der Waals surface area contributed by atoms with Crippen LogP contribution in [0.5, 0.6) is 5.75 Å². The van der Waals surface area contributed by atoms with Gasteiger partial charge in [0.2, 0.25) is 0 Å². The molecule has 1 aromatic heterocycles. The first kappa shape index (κ1) is 18.0. The van der Waals surface area contributed by atoms with Crippen molar-refractivity contribution >= 4 is 29.0 Å². The Hall–Kier alpha value is -2.31. The van der Waals surface area contributed by atoms with Crippen LogP contribution >= 0.6 is 11.6 Å². The Morgan fingerprint density at radius 3 is 2.67 bits per heavy atom. The summed E-state index contributed by atoms with van der Waals surface area (Å²) in [4.78, 5) is 16.0. The molecule has 0 radical (unpaired) electrons. The van der Waals surface area contributed by atoms with Gasteiger partial charge in [-0.1, -0.05) is 11.6 Å². The normalized spacial score (nSPS) is 10.2. The van der Waals surface area contributed by atoms with Crippen molar-refractivity contribution in [3.05, 3.63) is 47.6 Å². The monoisotopic (exact) mass is 349 g/mol. The Morgan fingerprint density at radius 1 is 1.21 bits per heavy atom. The van der Waals surface area contributed by atoms with Crippen molar-refractivity contribution < 1.29 is 14.3 Å². The number of hydrogen-bond acceptors (Lipinski definition) is 5. The number of anilines is 2. The van der Waals surface area contributed by atoms with Gasteiger partial charge in [0, 0.05) is 25.3 Å².